The van der Waals surface area contributed by atoms with Gasteiger partial charge in [0.1, 0.15) is 6.10 Å². The second-order valence-corrected chi connectivity index (χ2v) is 5.71. The Balaban J connectivity index is 2.00. The Morgan fingerprint density at radius 2 is 1.95 bits per heavy atom. The summed E-state index contributed by atoms with van der Waals surface area (Å²) in [7, 11) is 1.79. The van der Waals surface area contributed by atoms with Crippen molar-refractivity contribution in [2.24, 2.45) is 0 Å². The molecule has 0 spiro atoms. The van der Waals surface area contributed by atoms with E-state index >= 15 is 0 Å². The smallest absolute Gasteiger partial charge is 0.231 e. The average molecular weight is 281 g/mol. The molecule has 0 aliphatic carbocycles. The highest BCUT2D eigenvalue weighted by atomic mass is 16.3. The number of amides is 1. The fourth-order valence-electron chi connectivity index (χ4n) is 2.91. The van der Waals surface area contributed by atoms with E-state index in [1.165, 1.54) is 5.56 Å². The molecule has 108 valence electrons. The van der Waals surface area contributed by atoms with Crippen LogP contribution in [-0.4, -0.2) is 18.1 Å². The first-order valence-electron chi connectivity index (χ1n) is 7.12. The fourth-order valence-corrected chi connectivity index (χ4v) is 2.91. The van der Waals surface area contributed by atoms with Crippen LogP contribution >= 0.6 is 0 Å². The van der Waals surface area contributed by atoms with Crippen LogP contribution in [0.25, 0.3) is 0 Å². The minimum absolute atomic E-state index is 0.100. The van der Waals surface area contributed by atoms with Gasteiger partial charge in [-0.2, -0.15) is 0 Å². The lowest BCUT2D eigenvalue weighted by molar-refractivity contribution is -0.117. The first kappa shape index (κ1) is 13.8. The molecular weight excluding hydrogens is 262 g/mol. The average Bonchev–Trinajstić information content (AvgIpc) is 2.76. The van der Waals surface area contributed by atoms with Gasteiger partial charge in [-0.15, -0.1) is 0 Å². The highest BCUT2D eigenvalue weighted by molar-refractivity contribution is 6.00. The maximum absolute atomic E-state index is 11.7. The van der Waals surface area contributed by atoms with Crippen LogP contribution in [-0.2, 0) is 11.2 Å². The van der Waals surface area contributed by atoms with E-state index in [1.807, 2.05) is 50.2 Å². The number of benzene rings is 2. The Hall–Kier alpha value is -2.13. The summed E-state index contributed by atoms with van der Waals surface area (Å²) >= 11 is 0. The number of rotatable bonds is 2. The molecule has 1 N–H and O–H groups in total. The molecule has 3 nitrogen and oxygen atoms in total. The van der Waals surface area contributed by atoms with Gasteiger partial charge in [0.25, 0.3) is 0 Å². The Morgan fingerprint density at radius 3 is 2.71 bits per heavy atom. The number of fused-ring (bicyclic) bond motifs is 1. The fraction of sp³-hybridized carbons (Fsp3) is 0.278. The van der Waals surface area contributed by atoms with Crippen molar-refractivity contribution in [3.05, 3.63) is 64.2 Å². The van der Waals surface area contributed by atoms with Crippen LogP contribution in [0.4, 0.5) is 5.69 Å². The van der Waals surface area contributed by atoms with Crippen molar-refractivity contribution in [1.29, 1.82) is 0 Å². The molecule has 0 saturated heterocycles. The highest BCUT2D eigenvalue weighted by Crippen LogP contribution is 2.33. The number of carbonyl (C=O) groups excluding carboxylic acids is 1. The SMILES string of the molecule is Cc1cccc(C(O)c2ccc3c(c2)CC(=O)N3C)c1C. The van der Waals surface area contributed by atoms with Crippen LogP contribution in [0.3, 0.4) is 0 Å². The van der Waals surface area contributed by atoms with Gasteiger partial charge in [-0.1, -0.05) is 30.3 Å². The van der Waals surface area contributed by atoms with E-state index in [-0.39, 0.29) is 5.91 Å². The third-order valence-electron chi connectivity index (χ3n) is 4.44. The van der Waals surface area contributed by atoms with Gasteiger partial charge < -0.3 is 10.0 Å². The van der Waals surface area contributed by atoms with Crippen molar-refractivity contribution in [3.8, 4) is 0 Å². The quantitative estimate of drug-likeness (QED) is 0.919. The van der Waals surface area contributed by atoms with Gasteiger partial charge in [0.05, 0.1) is 6.42 Å². The van der Waals surface area contributed by atoms with E-state index in [4.69, 9.17) is 0 Å². The zero-order valence-electron chi connectivity index (χ0n) is 12.6. The number of hydrogen-bond donors (Lipinski definition) is 1. The molecule has 1 aliphatic rings. The molecule has 3 heteroatoms. The number of aryl methyl sites for hydroxylation is 1. The lowest BCUT2D eigenvalue weighted by atomic mass is 9.93. The van der Waals surface area contributed by atoms with Gasteiger partial charge >= 0.3 is 0 Å². The van der Waals surface area contributed by atoms with E-state index in [9.17, 15) is 9.90 Å². The van der Waals surface area contributed by atoms with Crippen molar-refractivity contribution in [3.63, 3.8) is 0 Å². The van der Waals surface area contributed by atoms with Crippen LogP contribution in [0, 0.1) is 13.8 Å². The van der Waals surface area contributed by atoms with Crippen molar-refractivity contribution in [1.82, 2.24) is 0 Å². The monoisotopic (exact) mass is 281 g/mol. The van der Waals surface area contributed by atoms with E-state index < -0.39 is 6.10 Å². The van der Waals surface area contributed by atoms with Crippen molar-refractivity contribution in [2.75, 3.05) is 11.9 Å². The summed E-state index contributed by atoms with van der Waals surface area (Å²) in [6, 6.07) is 11.7. The molecule has 1 amide bonds. The van der Waals surface area contributed by atoms with Crippen LogP contribution < -0.4 is 4.90 Å². The number of anilines is 1. The predicted octanol–water partition coefficient (Wildman–Crippen LogP) is 2.90. The Bertz CT molecular complexity index is 721. The highest BCUT2D eigenvalue weighted by Gasteiger charge is 2.25. The lowest BCUT2D eigenvalue weighted by Crippen LogP contribution is -2.20. The Morgan fingerprint density at radius 1 is 1.19 bits per heavy atom. The first-order valence-corrected chi connectivity index (χ1v) is 7.12. The third-order valence-corrected chi connectivity index (χ3v) is 4.44. The van der Waals surface area contributed by atoms with Gasteiger partial charge in [0, 0.05) is 12.7 Å². The number of likely N-dealkylation sites (N-methyl/N-ethyl adjacent to an activating group) is 1. The van der Waals surface area contributed by atoms with Gasteiger partial charge in [0.15, 0.2) is 0 Å². The Kier molecular flexibility index (Phi) is 3.30. The normalized spacial score (nSPS) is 15.2. The maximum Gasteiger partial charge on any atom is 0.231 e. The van der Waals surface area contributed by atoms with E-state index in [2.05, 4.69) is 0 Å². The van der Waals surface area contributed by atoms with E-state index in [0.717, 1.165) is 27.9 Å². The summed E-state index contributed by atoms with van der Waals surface area (Å²) in [6.45, 7) is 4.07. The third kappa shape index (κ3) is 2.24. The maximum atomic E-state index is 11.7. The molecule has 0 radical (unpaired) electrons. The summed E-state index contributed by atoms with van der Waals surface area (Å²) in [6.07, 6.45) is -0.240. The second-order valence-electron chi connectivity index (χ2n) is 5.71. The molecule has 1 aliphatic heterocycles. The molecule has 1 unspecified atom stereocenters. The molecule has 2 aromatic carbocycles. The Labute approximate surface area is 124 Å². The summed E-state index contributed by atoms with van der Waals surface area (Å²) in [5.74, 6) is 0.100. The zero-order valence-corrected chi connectivity index (χ0v) is 12.6. The topological polar surface area (TPSA) is 40.5 Å². The van der Waals surface area contributed by atoms with Gasteiger partial charge in [-0.05, 0) is 47.7 Å². The second kappa shape index (κ2) is 5.01. The number of aliphatic hydroxyl groups excluding tert-OH is 1. The molecule has 21 heavy (non-hydrogen) atoms. The number of aliphatic hydroxyl groups is 1. The van der Waals surface area contributed by atoms with Gasteiger partial charge in [-0.3, -0.25) is 4.79 Å². The molecule has 0 fully saturated rings. The minimum atomic E-state index is -0.656. The zero-order chi connectivity index (χ0) is 15.1. The lowest BCUT2D eigenvalue weighted by Gasteiger charge is -2.17. The van der Waals surface area contributed by atoms with E-state index in [0.29, 0.717) is 6.42 Å². The molecule has 2 aromatic rings. The van der Waals surface area contributed by atoms with Crippen LogP contribution in [0.1, 0.15) is 33.9 Å². The van der Waals surface area contributed by atoms with Crippen LogP contribution in [0.5, 0.6) is 0 Å². The first-order chi connectivity index (χ1) is 9.99. The number of nitrogens with zero attached hydrogens (tertiary/aromatic N) is 1. The van der Waals surface area contributed by atoms with Crippen LogP contribution in [0.2, 0.25) is 0 Å². The molecule has 0 aromatic heterocycles. The molecule has 0 saturated carbocycles. The molecular formula is C18H19NO2. The van der Waals surface area contributed by atoms with Crippen molar-refractivity contribution < 1.29 is 9.90 Å². The van der Waals surface area contributed by atoms with Crippen LogP contribution in [0.15, 0.2) is 36.4 Å². The number of hydrogen-bond acceptors (Lipinski definition) is 2. The molecule has 0 bridgehead atoms. The summed E-state index contributed by atoms with van der Waals surface area (Å²) in [4.78, 5) is 13.4. The molecule has 1 heterocycles. The van der Waals surface area contributed by atoms with Crippen molar-refractivity contribution in [2.45, 2.75) is 26.4 Å². The largest absolute Gasteiger partial charge is 0.384 e. The molecule has 1 atom stereocenters. The summed E-state index contributed by atoms with van der Waals surface area (Å²) in [5.41, 5.74) is 5.97. The van der Waals surface area contributed by atoms with Gasteiger partial charge in [0.2, 0.25) is 5.91 Å². The standard InChI is InChI=1S/C18H19NO2/c1-11-5-4-6-15(12(11)2)18(21)13-7-8-16-14(9-13)10-17(20)19(16)3/h4-9,18,21H,10H2,1-3H3. The number of carbonyl (C=O) groups is 1. The minimum Gasteiger partial charge on any atom is -0.384 e. The van der Waals surface area contributed by atoms with Gasteiger partial charge in [-0.25, -0.2) is 0 Å². The summed E-state index contributed by atoms with van der Waals surface area (Å²) in [5, 5.41) is 10.7. The predicted molar refractivity (Wildman–Crippen MR) is 83.5 cm³/mol. The molecule has 3 rings (SSSR count). The van der Waals surface area contributed by atoms with Crippen molar-refractivity contribution >= 4 is 11.6 Å². The summed E-state index contributed by atoms with van der Waals surface area (Å²) < 4.78 is 0. The van der Waals surface area contributed by atoms with E-state index in [1.54, 1.807) is 11.9 Å².